The Kier molecular flexibility index (Phi) is 5.59. The second-order valence-corrected chi connectivity index (χ2v) is 7.45. The molecule has 0 saturated carbocycles. The van der Waals surface area contributed by atoms with Crippen LogP contribution in [-0.4, -0.2) is 18.2 Å². The van der Waals surface area contributed by atoms with Gasteiger partial charge in [0, 0.05) is 23.8 Å². The number of sulfonamides is 1. The summed E-state index contributed by atoms with van der Waals surface area (Å²) >= 11 is 0. The topological polar surface area (TPSA) is 64.0 Å². The first kappa shape index (κ1) is 17.7. The van der Waals surface area contributed by atoms with Crippen molar-refractivity contribution in [1.29, 1.82) is 0 Å². The van der Waals surface area contributed by atoms with E-state index in [0.717, 1.165) is 36.2 Å². The van der Waals surface area contributed by atoms with Crippen molar-refractivity contribution in [2.24, 2.45) is 0 Å². The molecule has 2 aromatic rings. The van der Waals surface area contributed by atoms with Crippen LogP contribution >= 0.6 is 0 Å². The Labute approximate surface area is 138 Å². The van der Waals surface area contributed by atoms with Crippen LogP contribution in [0.25, 0.3) is 0 Å². The lowest BCUT2D eigenvalue weighted by atomic mass is 10.1. The molecule has 1 aromatic heterocycles. The maximum absolute atomic E-state index is 12.5. The van der Waals surface area contributed by atoms with E-state index in [1.807, 2.05) is 37.6 Å². The van der Waals surface area contributed by atoms with Gasteiger partial charge in [-0.2, -0.15) is 5.10 Å². The first-order valence-corrected chi connectivity index (χ1v) is 9.51. The van der Waals surface area contributed by atoms with Gasteiger partial charge in [-0.3, -0.25) is 4.68 Å². The Hall–Kier alpha value is -1.66. The molecule has 1 unspecified atom stereocenters. The number of nitrogens with one attached hydrogen (secondary N) is 1. The summed E-state index contributed by atoms with van der Waals surface area (Å²) in [4.78, 5) is 0.296. The van der Waals surface area contributed by atoms with Gasteiger partial charge in [-0.15, -0.1) is 0 Å². The third-order valence-electron chi connectivity index (χ3n) is 4.01. The van der Waals surface area contributed by atoms with Crippen molar-refractivity contribution in [3.8, 4) is 0 Å². The van der Waals surface area contributed by atoms with Crippen molar-refractivity contribution in [2.75, 3.05) is 0 Å². The number of aryl methyl sites for hydroxylation is 2. The van der Waals surface area contributed by atoms with E-state index in [9.17, 15) is 8.42 Å². The van der Waals surface area contributed by atoms with Crippen LogP contribution in [-0.2, 0) is 23.0 Å². The Bertz CT molecular complexity index is 749. The minimum absolute atomic E-state index is 0.296. The summed E-state index contributed by atoms with van der Waals surface area (Å²) in [5, 5.41) is 4.27. The van der Waals surface area contributed by atoms with Gasteiger partial charge in [0.25, 0.3) is 0 Å². The van der Waals surface area contributed by atoms with Gasteiger partial charge in [-0.25, -0.2) is 13.1 Å². The molecular weight excluding hydrogens is 310 g/mol. The molecule has 0 bridgehead atoms. The van der Waals surface area contributed by atoms with Crippen molar-refractivity contribution in [1.82, 2.24) is 14.5 Å². The third-order valence-corrected chi connectivity index (χ3v) is 5.57. The number of benzene rings is 1. The molecule has 0 amide bonds. The van der Waals surface area contributed by atoms with E-state index in [1.54, 1.807) is 18.3 Å². The highest BCUT2D eigenvalue weighted by Crippen LogP contribution is 2.20. The average molecular weight is 335 g/mol. The largest absolute Gasteiger partial charge is 0.270 e. The number of hydrogen-bond donors (Lipinski definition) is 1. The predicted octanol–water partition coefficient (Wildman–Crippen LogP) is 3.20. The van der Waals surface area contributed by atoms with E-state index in [4.69, 9.17) is 0 Å². The molecule has 0 saturated heterocycles. The van der Waals surface area contributed by atoms with Crippen LogP contribution in [0.15, 0.2) is 35.4 Å². The third kappa shape index (κ3) is 4.00. The Morgan fingerprint density at radius 3 is 2.39 bits per heavy atom. The van der Waals surface area contributed by atoms with Gasteiger partial charge in [0.2, 0.25) is 10.0 Å². The SMILES string of the molecule is CCCc1ccc(S(=O)(=O)NC(C)c2cnn(CC)c2C)cc1. The average Bonchev–Trinajstić information content (AvgIpc) is 2.88. The van der Waals surface area contributed by atoms with Crippen LogP contribution in [0.1, 0.15) is 50.1 Å². The smallest absolute Gasteiger partial charge is 0.241 e. The molecule has 1 heterocycles. The molecule has 0 aliphatic heterocycles. The highest BCUT2D eigenvalue weighted by molar-refractivity contribution is 7.89. The highest BCUT2D eigenvalue weighted by atomic mass is 32.2. The fourth-order valence-corrected chi connectivity index (χ4v) is 3.92. The monoisotopic (exact) mass is 335 g/mol. The first-order chi connectivity index (χ1) is 10.9. The van der Waals surface area contributed by atoms with Crippen LogP contribution in [0.2, 0.25) is 0 Å². The minimum atomic E-state index is -3.54. The molecule has 23 heavy (non-hydrogen) atoms. The van der Waals surface area contributed by atoms with Crippen molar-refractivity contribution >= 4 is 10.0 Å². The van der Waals surface area contributed by atoms with Gasteiger partial charge < -0.3 is 0 Å². The van der Waals surface area contributed by atoms with Gasteiger partial charge >= 0.3 is 0 Å². The highest BCUT2D eigenvalue weighted by Gasteiger charge is 2.21. The summed E-state index contributed by atoms with van der Waals surface area (Å²) in [5.41, 5.74) is 3.04. The molecule has 0 aliphatic carbocycles. The number of rotatable bonds is 7. The van der Waals surface area contributed by atoms with E-state index in [0.29, 0.717) is 4.90 Å². The fraction of sp³-hybridized carbons (Fsp3) is 0.471. The molecule has 1 atom stereocenters. The maximum atomic E-state index is 12.5. The number of hydrogen-bond acceptors (Lipinski definition) is 3. The first-order valence-electron chi connectivity index (χ1n) is 8.02. The molecule has 0 spiro atoms. The molecule has 0 radical (unpaired) electrons. The molecule has 6 heteroatoms. The Morgan fingerprint density at radius 1 is 1.22 bits per heavy atom. The molecule has 2 rings (SSSR count). The quantitative estimate of drug-likeness (QED) is 0.845. The van der Waals surface area contributed by atoms with Crippen molar-refractivity contribution in [3.05, 3.63) is 47.3 Å². The lowest BCUT2D eigenvalue weighted by molar-refractivity contribution is 0.565. The van der Waals surface area contributed by atoms with Crippen LogP contribution < -0.4 is 4.72 Å². The van der Waals surface area contributed by atoms with E-state index in [-0.39, 0.29) is 6.04 Å². The van der Waals surface area contributed by atoms with Crippen LogP contribution in [0.4, 0.5) is 0 Å². The summed E-state index contributed by atoms with van der Waals surface area (Å²) in [6.07, 6.45) is 3.73. The number of aromatic nitrogens is 2. The minimum Gasteiger partial charge on any atom is -0.270 e. The molecule has 0 aliphatic rings. The van der Waals surface area contributed by atoms with Crippen LogP contribution in [0.5, 0.6) is 0 Å². The second-order valence-electron chi connectivity index (χ2n) is 5.74. The normalized spacial score (nSPS) is 13.2. The lowest BCUT2D eigenvalue weighted by Crippen LogP contribution is -2.27. The van der Waals surface area contributed by atoms with E-state index < -0.39 is 10.0 Å². The predicted molar refractivity (Wildman–Crippen MR) is 91.8 cm³/mol. The summed E-state index contributed by atoms with van der Waals surface area (Å²) in [7, 11) is -3.54. The Morgan fingerprint density at radius 2 is 1.87 bits per heavy atom. The van der Waals surface area contributed by atoms with Crippen molar-refractivity contribution in [2.45, 2.75) is 58.0 Å². The van der Waals surface area contributed by atoms with E-state index in [1.165, 1.54) is 0 Å². The van der Waals surface area contributed by atoms with Gasteiger partial charge in [-0.1, -0.05) is 25.5 Å². The zero-order chi connectivity index (χ0) is 17.0. The van der Waals surface area contributed by atoms with E-state index >= 15 is 0 Å². The summed E-state index contributed by atoms with van der Waals surface area (Å²) in [5.74, 6) is 0. The lowest BCUT2D eigenvalue weighted by Gasteiger charge is -2.14. The van der Waals surface area contributed by atoms with Crippen molar-refractivity contribution in [3.63, 3.8) is 0 Å². The maximum Gasteiger partial charge on any atom is 0.241 e. The molecule has 1 aromatic carbocycles. The summed E-state index contributed by atoms with van der Waals surface area (Å²) in [6, 6.07) is 6.77. The molecule has 126 valence electrons. The zero-order valence-electron chi connectivity index (χ0n) is 14.2. The summed E-state index contributed by atoms with van der Waals surface area (Å²) in [6.45, 7) is 8.68. The number of nitrogens with zero attached hydrogens (tertiary/aromatic N) is 2. The molecule has 1 N–H and O–H groups in total. The van der Waals surface area contributed by atoms with Crippen LogP contribution in [0, 0.1) is 6.92 Å². The second kappa shape index (κ2) is 7.27. The van der Waals surface area contributed by atoms with Gasteiger partial charge in [-0.05, 0) is 44.9 Å². The van der Waals surface area contributed by atoms with E-state index in [2.05, 4.69) is 16.7 Å². The zero-order valence-corrected chi connectivity index (χ0v) is 15.0. The molecule has 5 nitrogen and oxygen atoms in total. The molecule has 0 fully saturated rings. The van der Waals surface area contributed by atoms with Crippen LogP contribution in [0.3, 0.4) is 0 Å². The Balaban J connectivity index is 2.18. The van der Waals surface area contributed by atoms with Gasteiger partial charge in [0.15, 0.2) is 0 Å². The summed E-state index contributed by atoms with van der Waals surface area (Å²) < 4.78 is 29.7. The van der Waals surface area contributed by atoms with Gasteiger partial charge in [0.1, 0.15) is 0 Å². The molecular formula is C17H25N3O2S. The standard InChI is InChI=1S/C17H25N3O2S/c1-5-7-15-8-10-16(11-9-15)23(21,22)19-13(3)17-12-18-20(6-2)14(17)4/h8-13,19H,5-7H2,1-4H3. The van der Waals surface area contributed by atoms with Gasteiger partial charge in [0.05, 0.1) is 11.1 Å². The van der Waals surface area contributed by atoms with Crippen molar-refractivity contribution < 1.29 is 8.42 Å². The fourth-order valence-electron chi connectivity index (χ4n) is 2.69.